The number of rotatable bonds is 3. The Kier molecular flexibility index (Phi) is 5.73. The summed E-state index contributed by atoms with van der Waals surface area (Å²) in [7, 11) is 0. The second-order valence-corrected chi connectivity index (χ2v) is 7.49. The minimum Gasteiger partial charge on any atom is -0.444 e. The molecule has 0 radical (unpaired) electrons. The number of ether oxygens (including phenoxy) is 1. The topological polar surface area (TPSA) is 82.4 Å². The van der Waals surface area contributed by atoms with Gasteiger partial charge in [-0.25, -0.2) is 4.79 Å². The van der Waals surface area contributed by atoms with Crippen LogP contribution in [0.15, 0.2) is 24.3 Å². The van der Waals surface area contributed by atoms with E-state index in [2.05, 4.69) is 11.4 Å². The zero-order valence-corrected chi connectivity index (χ0v) is 14.9. The molecule has 2 rings (SSSR count). The molecule has 7 heteroatoms. The Morgan fingerprint density at radius 3 is 2.62 bits per heavy atom. The van der Waals surface area contributed by atoms with Crippen LogP contribution in [0.25, 0.3) is 0 Å². The Labute approximate surface area is 146 Å². The molecule has 1 heterocycles. The summed E-state index contributed by atoms with van der Waals surface area (Å²) in [5, 5.41) is 11.5. The highest BCUT2D eigenvalue weighted by atomic mass is 32.2. The third kappa shape index (κ3) is 4.90. The molecule has 1 aromatic carbocycles. The van der Waals surface area contributed by atoms with Crippen LogP contribution < -0.4 is 5.32 Å². The highest BCUT2D eigenvalue weighted by molar-refractivity contribution is 7.99. The first-order valence-electron chi connectivity index (χ1n) is 7.64. The van der Waals surface area contributed by atoms with E-state index < -0.39 is 17.7 Å². The summed E-state index contributed by atoms with van der Waals surface area (Å²) in [6, 6.07) is 8.63. The second-order valence-electron chi connectivity index (χ2n) is 6.49. The Hall–Kier alpha value is -2.20. The van der Waals surface area contributed by atoms with Crippen molar-refractivity contribution in [2.75, 3.05) is 16.9 Å². The van der Waals surface area contributed by atoms with Crippen LogP contribution in [0.5, 0.6) is 0 Å². The van der Waals surface area contributed by atoms with E-state index in [1.165, 1.54) is 16.7 Å². The zero-order chi connectivity index (χ0) is 17.7. The number of carbonyl (C=O) groups excluding carboxylic acids is 2. The number of hydrogen-bond donors (Lipinski definition) is 1. The highest BCUT2D eigenvalue weighted by Gasteiger charge is 2.37. The molecule has 128 valence electrons. The molecule has 1 aliphatic heterocycles. The van der Waals surface area contributed by atoms with Gasteiger partial charge < -0.3 is 10.1 Å². The van der Waals surface area contributed by atoms with Crippen LogP contribution in [0.4, 0.5) is 10.5 Å². The van der Waals surface area contributed by atoms with E-state index >= 15 is 0 Å². The van der Waals surface area contributed by atoms with E-state index in [1.807, 2.05) is 0 Å². The second kappa shape index (κ2) is 7.58. The molecule has 0 bridgehead atoms. The molecule has 1 aliphatic rings. The van der Waals surface area contributed by atoms with Gasteiger partial charge in [0.2, 0.25) is 5.91 Å². The lowest BCUT2D eigenvalue weighted by Gasteiger charge is -2.27. The monoisotopic (exact) mass is 347 g/mol. The van der Waals surface area contributed by atoms with Crippen LogP contribution in [0.1, 0.15) is 26.3 Å². The average Bonchev–Trinajstić information content (AvgIpc) is 2.97. The molecule has 2 amide bonds. The molecule has 1 aromatic rings. The van der Waals surface area contributed by atoms with Crippen molar-refractivity contribution >= 4 is 29.4 Å². The summed E-state index contributed by atoms with van der Waals surface area (Å²) < 4.78 is 5.36. The minimum atomic E-state index is -0.595. The molecule has 0 spiro atoms. The minimum absolute atomic E-state index is 0.237. The van der Waals surface area contributed by atoms with Crippen LogP contribution >= 0.6 is 11.8 Å². The third-order valence-electron chi connectivity index (χ3n) is 3.32. The fraction of sp³-hybridized carbons (Fsp3) is 0.471. The van der Waals surface area contributed by atoms with Gasteiger partial charge in [0.1, 0.15) is 11.6 Å². The summed E-state index contributed by atoms with van der Waals surface area (Å²) >= 11 is 1.52. The molecule has 0 aromatic heterocycles. The maximum atomic E-state index is 12.5. The molecule has 1 fully saturated rings. The van der Waals surface area contributed by atoms with E-state index in [0.29, 0.717) is 23.7 Å². The Balaban J connectivity index is 2.00. The maximum Gasteiger partial charge on any atom is 0.411 e. The first-order valence-corrected chi connectivity index (χ1v) is 8.80. The quantitative estimate of drug-likeness (QED) is 0.909. The molecule has 1 unspecified atom stereocenters. The lowest BCUT2D eigenvalue weighted by atomic mass is 10.1. The van der Waals surface area contributed by atoms with Crippen molar-refractivity contribution in [1.29, 1.82) is 5.26 Å². The SMILES string of the molecule is CC(C)(C)OC(=O)N1CSCC1C(=O)Nc1ccc(CC#N)cc1. The van der Waals surface area contributed by atoms with Gasteiger partial charge in [-0.1, -0.05) is 12.1 Å². The standard InChI is InChI=1S/C17H21N3O3S/c1-17(2,3)23-16(22)20-11-24-10-14(20)15(21)19-13-6-4-12(5-7-13)8-9-18/h4-7,14H,8,10-11H2,1-3H3,(H,19,21). The van der Waals surface area contributed by atoms with Crippen LogP contribution in [0.2, 0.25) is 0 Å². The first kappa shape index (κ1) is 18.1. The Morgan fingerprint density at radius 1 is 1.38 bits per heavy atom. The molecule has 1 saturated heterocycles. The van der Waals surface area contributed by atoms with E-state index in [0.717, 1.165) is 5.56 Å². The molecule has 6 nitrogen and oxygen atoms in total. The summed E-state index contributed by atoms with van der Waals surface area (Å²) in [6.45, 7) is 5.39. The third-order valence-corrected chi connectivity index (χ3v) is 4.33. The van der Waals surface area contributed by atoms with Gasteiger partial charge in [0.15, 0.2) is 0 Å². The molecular weight excluding hydrogens is 326 g/mol. The smallest absolute Gasteiger partial charge is 0.411 e. The van der Waals surface area contributed by atoms with Crippen LogP contribution in [0.3, 0.4) is 0 Å². The average molecular weight is 347 g/mol. The molecule has 24 heavy (non-hydrogen) atoms. The van der Waals surface area contributed by atoms with E-state index in [9.17, 15) is 9.59 Å². The van der Waals surface area contributed by atoms with Gasteiger partial charge in [0.25, 0.3) is 0 Å². The van der Waals surface area contributed by atoms with Gasteiger partial charge in [-0.3, -0.25) is 9.69 Å². The number of benzene rings is 1. The zero-order valence-electron chi connectivity index (χ0n) is 14.0. The van der Waals surface area contributed by atoms with Crippen molar-refractivity contribution in [1.82, 2.24) is 4.90 Å². The predicted molar refractivity (Wildman–Crippen MR) is 93.6 cm³/mol. The number of nitrogens with zero attached hydrogens (tertiary/aromatic N) is 2. The van der Waals surface area contributed by atoms with Gasteiger partial charge in [0.05, 0.1) is 18.4 Å². The predicted octanol–water partition coefficient (Wildman–Crippen LogP) is 3.00. The van der Waals surface area contributed by atoms with Crippen molar-refractivity contribution in [2.45, 2.75) is 38.8 Å². The van der Waals surface area contributed by atoms with Crippen molar-refractivity contribution < 1.29 is 14.3 Å². The molecule has 0 aliphatic carbocycles. The lowest BCUT2D eigenvalue weighted by molar-refractivity contribution is -0.120. The van der Waals surface area contributed by atoms with E-state index in [1.54, 1.807) is 45.0 Å². The number of thioether (sulfide) groups is 1. The van der Waals surface area contributed by atoms with Crippen molar-refractivity contribution in [2.24, 2.45) is 0 Å². The van der Waals surface area contributed by atoms with Gasteiger partial charge in [-0.05, 0) is 38.5 Å². The van der Waals surface area contributed by atoms with Crippen LogP contribution in [-0.4, -0.2) is 40.2 Å². The number of nitriles is 1. The number of amides is 2. The summed E-state index contributed by atoms with van der Waals surface area (Å²) in [6.07, 6.45) is -0.142. The normalized spacial score (nSPS) is 17.2. The number of nitrogens with one attached hydrogen (secondary N) is 1. The molecule has 0 saturated carbocycles. The van der Waals surface area contributed by atoms with Gasteiger partial charge in [0, 0.05) is 11.4 Å². The summed E-state index contributed by atoms with van der Waals surface area (Å²) in [5.74, 6) is 0.741. The fourth-order valence-electron chi connectivity index (χ4n) is 2.18. The van der Waals surface area contributed by atoms with E-state index in [-0.39, 0.29) is 5.91 Å². The summed E-state index contributed by atoms with van der Waals surface area (Å²) in [5.41, 5.74) is 0.937. The molecule has 1 atom stereocenters. The van der Waals surface area contributed by atoms with Gasteiger partial charge >= 0.3 is 6.09 Å². The number of anilines is 1. The van der Waals surface area contributed by atoms with Gasteiger partial charge in [-0.2, -0.15) is 5.26 Å². The van der Waals surface area contributed by atoms with Gasteiger partial charge in [-0.15, -0.1) is 11.8 Å². The fourth-order valence-corrected chi connectivity index (χ4v) is 3.33. The lowest BCUT2D eigenvalue weighted by Crippen LogP contribution is -2.46. The summed E-state index contributed by atoms with van der Waals surface area (Å²) in [4.78, 5) is 26.2. The molecule has 1 N–H and O–H groups in total. The maximum absolute atomic E-state index is 12.5. The number of hydrogen-bond acceptors (Lipinski definition) is 5. The van der Waals surface area contributed by atoms with E-state index in [4.69, 9.17) is 10.00 Å². The molecular formula is C17H21N3O3S. The first-order chi connectivity index (χ1) is 11.3. The Bertz CT molecular complexity index is 647. The van der Waals surface area contributed by atoms with Crippen molar-refractivity contribution in [3.8, 4) is 6.07 Å². The number of carbonyl (C=O) groups is 2. The Morgan fingerprint density at radius 2 is 2.04 bits per heavy atom. The van der Waals surface area contributed by atoms with Crippen LogP contribution in [-0.2, 0) is 16.0 Å². The van der Waals surface area contributed by atoms with Crippen molar-refractivity contribution in [3.63, 3.8) is 0 Å². The van der Waals surface area contributed by atoms with Crippen molar-refractivity contribution in [3.05, 3.63) is 29.8 Å². The van der Waals surface area contributed by atoms with Crippen LogP contribution in [0, 0.1) is 11.3 Å². The highest BCUT2D eigenvalue weighted by Crippen LogP contribution is 2.24. The largest absolute Gasteiger partial charge is 0.444 e.